The molecule has 0 radical (unpaired) electrons. The van der Waals surface area contributed by atoms with E-state index >= 15 is 0 Å². The van der Waals surface area contributed by atoms with Crippen molar-refractivity contribution in [2.45, 2.75) is 70.8 Å². The van der Waals surface area contributed by atoms with Gasteiger partial charge in [0.15, 0.2) is 0 Å². The molecule has 1 saturated heterocycles. The van der Waals surface area contributed by atoms with Crippen LogP contribution in [0.1, 0.15) is 65.2 Å². The van der Waals surface area contributed by atoms with Gasteiger partial charge in [-0.15, -0.1) is 0 Å². The summed E-state index contributed by atoms with van der Waals surface area (Å²) in [5.74, 6) is 1.79. The summed E-state index contributed by atoms with van der Waals surface area (Å²) in [6.07, 6.45) is 11.2. The van der Waals surface area contributed by atoms with Crippen molar-refractivity contribution in [2.24, 2.45) is 11.8 Å². The van der Waals surface area contributed by atoms with Gasteiger partial charge in [0.2, 0.25) is 0 Å². The minimum absolute atomic E-state index is 0.447. The molecule has 0 aromatic carbocycles. The summed E-state index contributed by atoms with van der Waals surface area (Å²) < 4.78 is 0. The lowest BCUT2D eigenvalue weighted by molar-refractivity contribution is 0.227. The van der Waals surface area contributed by atoms with E-state index in [1.54, 1.807) is 0 Å². The molecule has 2 unspecified atom stereocenters. The van der Waals surface area contributed by atoms with Crippen LogP contribution < -0.4 is 10.6 Å². The molecule has 2 aliphatic rings. The fraction of sp³-hybridized carbons (Fsp3) is 1.00. The van der Waals surface area contributed by atoms with E-state index in [1.165, 1.54) is 71.0 Å². The highest BCUT2D eigenvalue weighted by Crippen LogP contribution is 2.28. The van der Waals surface area contributed by atoms with Gasteiger partial charge in [0.05, 0.1) is 0 Å². The average molecular weight is 252 g/mol. The van der Waals surface area contributed by atoms with E-state index in [2.05, 4.69) is 24.5 Å². The molecule has 1 aliphatic heterocycles. The van der Waals surface area contributed by atoms with Crippen molar-refractivity contribution in [1.82, 2.24) is 10.6 Å². The van der Waals surface area contributed by atoms with E-state index in [1.807, 2.05) is 0 Å². The minimum atomic E-state index is 0.447. The molecule has 2 N–H and O–H groups in total. The maximum atomic E-state index is 3.85. The number of rotatable bonds is 5. The highest BCUT2D eigenvalue weighted by molar-refractivity contribution is 4.86. The lowest BCUT2D eigenvalue weighted by Crippen LogP contribution is -2.45. The van der Waals surface area contributed by atoms with Crippen molar-refractivity contribution in [2.75, 3.05) is 19.6 Å². The van der Waals surface area contributed by atoms with Crippen LogP contribution in [0.4, 0.5) is 0 Å². The highest BCUT2D eigenvalue weighted by Gasteiger charge is 2.26. The molecule has 0 spiro atoms. The van der Waals surface area contributed by atoms with Crippen molar-refractivity contribution in [3.63, 3.8) is 0 Å². The maximum Gasteiger partial charge on any atom is 0.0153 e. The zero-order valence-electron chi connectivity index (χ0n) is 12.4. The van der Waals surface area contributed by atoms with Crippen LogP contribution in [0, 0.1) is 11.8 Å². The van der Waals surface area contributed by atoms with E-state index in [9.17, 15) is 0 Å². The smallest absolute Gasteiger partial charge is 0.0153 e. The molecule has 0 aromatic heterocycles. The van der Waals surface area contributed by atoms with Gasteiger partial charge in [-0.05, 0) is 70.5 Å². The monoisotopic (exact) mass is 252 g/mol. The van der Waals surface area contributed by atoms with Crippen LogP contribution in [-0.4, -0.2) is 25.2 Å². The summed E-state index contributed by atoms with van der Waals surface area (Å²) in [5.41, 5.74) is 0.447. The summed E-state index contributed by atoms with van der Waals surface area (Å²) in [6, 6.07) is 0. The number of hydrogen-bond acceptors (Lipinski definition) is 2. The van der Waals surface area contributed by atoms with E-state index in [4.69, 9.17) is 0 Å². The van der Waals surface area contributed by atoms with Crippen molar-refractivity contribution < 1.29 is 0 Å². The second kappa shape index (κ2) is 6.91. The second-order valence-corrected chi connectivity index (χ2v) is 6.92. The minimum Gasteiger partial charge on any atom is -0.316 e. The molecule has 0 amide bonds. The normalized spacial score (nSPS) is 30.0. The van der Waals surface area contributed by atoms with Crippen LogP contribution in [0.5, 0.6) is 0 Å². The zero-order chi connectivity index (χ0) is 12.8. The molecule has 2 rings (SSSR count). The molecule has 1 saturated carbocycles. The lowest BCUT2D eigenvalue weighted by atomic mass is 9.82. The third-order valence-electron chi connectivity index (χ3n) is 5.25. The summed E-state index contributed by atoms with van der Waals surface area (Å²) in [5, 5.41) is 7.39. The SMILES string of the molecule is CC(CCNC1(C)CCCCC1)C1CCCNC1. The number of piperidine rings is 1. The Hall–Kier alpha value is -0.0800. The van der Waals surface area contributed by atoms with Gasteiger partial charge in [0, 0.05) is 5.54 Å². The van der Waals surface area contributed by atoms with Crippen molar-refractivity contribution in [1.29, 1.82) is 0 Å². The third kappa shape index (κ3) is 4.24. The predicted molar refractivity (Wildman–Crippen MR) is 78.9 cm³/mol. The number of hydrogen-bond donors (Lipinski definition) is 2. The van der Waals surface area contributed by atoms with Gasteiger partial charge < -0.3 is 10.6 Å². The Morgan fingerprint density at radius 3 is 2.67 bits per heavy atom. The molecule has 106 valence electrons. The van der Waals surface area contributed by atoms with Gasteiger partial charge in [-0.1, -0.05) is 26.2 Å². The molecular weight excluding hydrogens is 220 g/mol. The number of nitrogens with one attached hydrogen (secondary N) is 2. The molecule has 0 aromatic rings. The van der Waals surface area contributed by atoms with Gasteiger partial charge in [0.1, 0.15) is 0 Å². The fourth-order valence-corrected chi connectivity index (χ4v) is 3.71. The summed E-state index contributed by atoms with van der Waals surface area (Å²) in [7, 11) is 0. The Balaban J connectivity index is 1.64. The quantitative estimate of drug-likeness (QED) is 0.784. The zero-order valence-corrected chi connectivity index (χ0v) is 12.4. The molecule has 1 aliphatic carbocycles. The average Bonchev–Trinajstić information content (AvgIpc) is 2.40. The van der Waals surface area contributed by atoms with Gasteiger partial charge in [0.25, 0.3) is 0 Å². The third-order valence-corrected chi connectivity index (χ3v) is 5.25. The predicted octanol–water partition coefficient (Wildman–Crippen LogP) is 3.32. The van der Waals surface area contributed by atoms with Gasteiger partial charge >= 0.3 is 0 Å². The first-order valence-corrected chi connectivity index (χ1v) is 8.15. The fourth-order valence-electron chi connectivity index (χ4n) is 3.71. The molecule has 2 nitrogen and oxygen atoms in total. The van der Waals surface area contributed by atoms with E-state index in [0.29, 0.717) is 5.54 Å². The first-order chi connectivity index (χ1) is 8.70. The Morgan fingerprint density at radius 1 is 1.22 bits per heavy atom. The Morgan fingerprint density at radius 2 is 2.00 bits per heavy atom. The molecule has 2 fully saturated rings. The largest absolute Gasteiger partial charge is 0.316 e. The second-order valence-electron chi connectivity index (χ2n) is 6.92. The first-order valence-electron chi connectivity index (χ1n) is 8.15. The van der Waals surface area contributed by atoms with Crippen LogP contribution in [0.3, 0.4) is 0 Å². The van der Waals surface area contributed by atoms with Crippen LogP contribution >= 0.6 is 0 Å². The molecule has 2 atom stereocenters. The lowest BCUT2D eigenvalue weighted by Gasteiger charge is -2.36. The summed E-state index contributed by atoms with van der Waals surface area (Å²) in [4.78, 5) is 0. The van der Waals surface area contributed by atoms with E-state index in [0.717, 1.165) is 11.8 Å². The molecule has 18 heavy (non-hydrogen) atoms. The van der Waals surface area contributed by atoms with E-state index in [-0.39, 0.29) is 0 Å². The topological polar surface area (TPSA) is 24.1 Å². The van der Waals surface area contributed by atoms with Crippen LogP contribution in [0.2, 0.25) is 0 Å². The van der Waals surface area contributed by atoms with Gasteiger partial charge in [-0.3, -0.25) is 0 Å². The van der Waals surface area contributed by atoms with Gasteiger partial charge in [-0.25, -0.2) is 0 Å². The maximum absolute atomic E-state index is 3.85. The molecular formula is C16H32N2. The van der Waals surface area contributed by atoms with Gasteiger partial charge in [-0.2, -0.15) is 0 Å². The summed E-state index contributed by atoms with van der Waals surface area (Å²) >= 11 is 0. The Labute approximate surface area is 113 Å². The standard InChI is InChI=1S/C16H32N2/c1-14(15-7-6-11-17-13-15)8-12-18-16(2)9-4-3-5-10-16/h14-15,17-18H,3-13H2,1-2H3. The van der Waals surface area contributed by atoms with Crippen LogP contribution in [0.15, 0.2) is 0 Å². The van der Waals surface area contributed by atoms with Crippen molar-refractivity contribution in [3.05, 3.63) is 0 Å². The molecule has 2 heteroatoms. The molecule has 0 bridgehead atoms. The Kier molecular flexibility index (Phi) is 5.50. The van der Waals surface area contributed by atoms with Crippen LogP contribution in [-0.2, 0) is 0 Å². The van der Waals surface area contributed by atoms with Crippen molar-refractivity contribution >= 4 is 0 Å². The van der Waals surface area contributed by atoms with Crippen molar-refractivity contribution in [3.8, 4) is 0 Å². The first kappa shape index (κ1) is 14.3. The molecule has 1 heterocycles. The van der Waals surface area contributed by atoms with Crippen LogP contribution in [0.25, 0.3) is 0 Å². The summed E-state index contributed by atoms with van der Waals surface area (Å²) in [6.45, 7) is 8.58. The van der Waals surface area contributed by atoms with E-state index < -0.39 is 0 Å². The highest BCUT2D eigenvalue weighted by atomic mass is 15.0. The Bertz CT molecular complexity index is 227.